The average molecular weight is 442 g/mol. The van der Waals surface area contributed by atoms with Crippen molar-refractivity contribution in [3.8, 4) is 0 Å². The van der Waals surface area contributed by atoms with Crippen LogP contribution in [0, 0.1) is 5.92 Å². The first-order valence-corrected chi connectivity index (χ1v) is 11.2. The Bertz CT molecular complexity index is 1100. The molecule has 0 aliphatic heterocycles. The molecule has 168 valence electrons. The fraction of sp³-hybridized carbons (Fsp3) is 0.259. The number of carbonyl (C=O) groups is 2. The predicted octanol–water partition coefficient (Wildman–Crippen LogP) is 4.36. The molecule has 4 rings (SSSR count). The summed E-state index contributed by atoms with van der Waals surface area (Å²) in [6.07, 6.45) is 8.15. The largest absolute Gasteiger partial charge is 0.374 e. The molecule has 1 heterocycles. The quantitative estimate of drug-likeness (QED) is 0.323. The Balaban J connectivity index is 1.39. The van der Waals surface area contributed by atoms with E-state index < -0.39 is 6.23 Å². The van der Waals surface area contributed by atoms with Gasteiger partial charge in [-0.05, 0) is 42.7 Å². The number of aromatic nitrogens is 1. The van der Waals surface area contributed by atoms with Crippen LogP contribution in [0.25, 0.3) is 0 Å². The van der Waals surface area contributed by atoms with Gasteiger partial charge in [0.1, 0.15) is 6.23 Å². The van der Waals surface area contributed by atoms with E-state index in [-0.39, 0.29) is 23.7 Å². The maximum Gasteiger partial charge on any atom is 0.276 e. The zero-order valence-corrected chi connectivity index (χ0v) is 18.3. The first-order chi connectivity index (χ1) is 16.1. The van der Waals surface area contributed by atoms with Crippen molar-refractivity contribution in [2.75, 3.05) is 0 Å². The summed E-state index contributed by atoms with van der Waals surface area (Å²) in [6, 6.07) is 19.2. The molecule has 1 aliphatic carbocycles. The Morgan fingerprint density at radius 1 is 0.909 bits per heavy atom. The van der Waals surface area contributed by atoms with E-state index >= 15 is 0 Å². The summed E-state index contributed by atoms with van der Waals surface area (Å²) in [4.78, 5) is 33.4. The SMILES string of the molecule is O=C(N=CC1CCCC[C@H]1NC(O)c1ccncc1)c1ccc(C(=O)c2ccccc2)cc1. The molecule has 2 aromatic carbocycles. The first kappa shape index (κ1) is 22.7. The Labute approximate surface area is 193 Å². The molecule has 3 atom stereocenters. The van der Waals surface area contributed by atoms with Gasteiger partial charge in [-0.25, -0.2) is 4.99 Å². The van der Waals surface area contributed by atoms with E-state index in [1.54, 1.807) is 67.1 Å². The summed E-state index contributed by atoms with van der Waals surface area (Å²) in [6.45, 7) is 0. The van der Waals surface area contributed by atoms with Gasteiger partial charge in [0.25, 0.3) is 5.91 Å². The predicted molar refractivity (Wildman–Crippen MR) is 127 cm³/mol. The Morgan fingerprint density at radius 2 is 1.55 bits per heavy atom. The normalized spacial score (nSPS) is 19.3. The van der Waals surface area contributed by atoms with Crippen LogP contribution in [0.15, 0.2) is 84.1 Å². The summed E-state index contributed by atoms with van der Waals surface area (Å²) in [5, 5.41) is 13.8. The number of rotatable bonds is 7. The second-order valence-corrected chi connectivity index (χ2v) is 8.26. The average Bonchev–Trinajstić information content (AvgIpc) is 2.88. The highest BCUT2D eigenvalue weighted by Crippen LogP contribution is 2.25. The van der Waals surface area contributed by atoms with Gasteiger partial charge in [-0.1, -0.05) is 55.3 Å². The Kier molecular flexibility index (Phi) is 7.50. The number of ketones is 1. The Morgan fingerprint density at radius 3 is 2.27 bits per heavy atom. The van der Waals surface area contributed by atoms with Gasteiger partial charge >= 0.3 is 0 Å². The lowest BCUT2D eigenvalue weighted by Crippen LogP contribution is -2.41. The molecule has 33 heavy (non-hydrogen) atoms. The van der Waals surface area contributed by atoms with Crippen LogP contribution in [0.4, 0.5) is 0 Å². The highest BCUT2D eigenvalue weighted by atomic mass is 16.3. The number of nitrogens with zero attached hydrogens (tertiary/aromatic N) is 2. The molecule has 0 radical (unpaired) electrons. The van der Waals surface area contributed by atoms with E-state index in [0.29, 0.717) is 16.7 Å². The highest BCUT2D eigenvalue weighted by Gasteiger charge is 2.26. The molecule has 2 unspecified atom stereocenters. The van der Waals surface area contributed by atoms with Gasteiger partial charge in [-0.15, -0.1) is 0 Å². The number of aliphatic imine (C=N–C) groups is 1. The maximum absolute atomic E-state index is 12.6. The number of nitrogens with one attached hydrogen (secondary N) is 1. The van der Waals surface area contributed by atoms with Crippen molar-refractivity contribution < 1.29 is 14.7 Å². The van der Waals surface area contributed by atoms with Crippen LogP contribution < -0.4 is 5.32 Å². The van der Waals surface area contributed by atoms with Crippen LogP contribution in [0.1, 0.15) is 63.8 Å². The van der Waals surface area contributed by atoms with Crippen LogP contribution >= 0.6 is 0 Å². The van der Waals surface area contributed by atoms with E-state index in [2.05, 4.69) is 15.3 Å². The number of hydrogen-bond donors (Lipinski definition) is 2. The molecule has 1 saturated carbocycles. The van der Waals surface area contributed by atoms with Crippen LogP contribution in [0.3, 0.4) is 0 Å². The molecular formula is C27H27N3O3. The van der Waals surface area contributed by atoms with Crippen molar-refractivity contribution in [3.63, 3.8) is 0 Å². The summed E-state index contributed by atoms with van der Waals surface area (Å²) in [5.74, 6) is -0.368. The fourth-order valence-electron chi connectivity index (χ4n) is 4.15. The van der Waals surface area contributed by atoms with E-state index in [4.69, 9.17) is 0 Å². The van der Waals surface area contributed by atoms with Gasteiger partial charge < -0.3 is 5.11 Å². The summed E-state index contributed by atoms with van der Waals surface area (Å²) in [7, 11) is 0. The number of carbonyl (C=O) groups excluding carboxylic acids is 2. The number of aliphatic hydroxyl groups excluding tert-OH is 1. The molecule has 3 aromatic rings. The van der Waals surface area contributed by atoms with Crippen molar-refractivity contribution in [2.24, 2.45) is 10.9 Å². The zero-order valence-electron chi connectivity index (χ0n) is 18.3. The topological polar surface area (TPSA) is 91.7 Å². The van der Waals surface area contributed by atoms with E-state index in [0.717, 1.165) is 31.2 Å². The standard InChI is InChI=1S/C27H27N3O3/c31-25(19-6-2-1-3-7-19)20-10-12-21(13-11-20)26(32)29-18-23-8-4-5-9-24(23)30-27(33)22-14-16-28-17-15-22/h1-3,6-7,10-18,23-24,27,30,33H,4-5,8-9H2/t23?,24-,27?/m1/s1. The number of amides is 1. The van der Waals surface area contributed by atoms with E-state index in [1.807, 2.05) is 18.2 Å². The summed E-state index contributed by atoms with van der Waals surface area (Å²) < 4.78 is 0. The van der Waals surface area contributed by atoms with Crippen molar-refractivity contribution in [1.29, 1.82) is 0 Å². The number of pyridine rings is 1. The minimum absolute atomic E-state index is 0.0318. The third-order valence-electron chi connectivity index (χ3n) is 6.03. The number of benzene rings is 2. The lowest BCUT2D eigenvalue weighted by Gasteiger charge is -2.31. The van der Waals surface area contributed by atoms with Crippen molar-refractivity contribution in [2.45, 2.75) is 38.0 Å². The first-order valence-electron chi connectivity index (χ1n) is 11.2. The monoisotopic (exact) mass is 441 g/mol. The lowest BCUT2D eigenvalue weighted by atomic mass is 9.85. The van der Waals surface area contributed by atoms with E-state index in [9.17, 15) is 14.7 Å². The van der Waals surface area contributed by atoms with Gasteiger partial charge in [0, 0.05) is 47.3 Å². The number of aliphatic hydroxyl groups is 1. The van der Waals surface area contributed by atoms with Crippen molar-refractivity contribution >= 4 is 17.9 Å². The van der Waals surface area contributed by atoms with Crippen molar-refractivity contribution in [3.05, 3.63) is 101 Å². The summed E-state index contributed by atoms with van der Waals surface area (Å²) in [5.41, 5.74) is 2.34. The van der Waals surface area contributed by atoms with Crippen LogP contribution in [-0.4, -0.2) is 34.0 Å². The fourth-order valence-corrected chi connectivity index (χ4v) is 4.15. The second kappa shape index (κ2) is 10.9. The smallest absolute Gasteiger partial charge is 0.276 e. The molecule has 6 heteroatoms. The minimum Gasteiger partial charge on any atom is -0.374 e. The second-order valence-electron chi connectivity index (χ2n) is 8.26. The molecule has 1 aliphatic rings. The maximum atomic E-state index is 12.6. The molecule has 2 N–H and O–H groups in total. The van der Waals surface area contributed by atoms with Gasteiger partial charge in [0.2, 0.25) is 0 Å². The van der Waals surface area contributed by atoms with Gasteiger partial charge in [0.15, 0.2) is 5.78 Å². The lowest BCUT2D eigenvalue weighted by molar-refractivity contribution is 0.0996. The number of hydrogen-bond acceptors (Lipinski definition) is 5. The summed E-state index contributed by atoms with van der Waals surface area (Å²) >= 11 is 0. The highest BCUT2D eigenvalue weighted by molar-refractivity contribution is 6.09. The molecule has 1 aromatic heterocycles. The third kappa shape index (κ3) is 5.86. The third-order valence-corrected chi connectivity index (χ3v) is 6.03. The van der Waals surface area contributed by atoms with Gasteiger partial charge in [0.05, 0.1) is 0 Å². The molecule has 6 nitrogen and oxygen atoms in total. The molecule has 0 spiro atoms. The molecule has 0 bridgehead atoms. The Hall–Kier alpha value is -3.48. The minimum atomic E-state index is -0.794. The zero-order chi connectivity index (χ0) is 23.0. The van der Waals surface area contributed by atoms with Crippen LogP contribution in [0.5, 0.6) is 0 Å². The van der Waals surface area contributed by atoms with Crippen molar-refractivity contribution in [1.82, 2.24) is 10.3 Å². The molecule has 1 fully saturated rings. The van der Waals surface area contributed by atoms with Gasteiger partial charge in [-0.3, -0.25) is 19.9 Å². The molecule has 1 amide bonds. The van der Waals surface area contributed by atoms with E-state index in [1.165, 1.54) is 0 Å². The molecular weight excluding hydrogens is 414 g/mol. The van der Waals surface area contributed by atoms with Crippen LogP contribution in [0.2, 0.25) is 0 Å². The van der Waals surface area contributed by atoms with Gasteiger partial charge in [-0.2, -0.15) is 0 Å². The van der Waals surface area contributed by atoms with Crippen LogP contribution in [-0.2, 0) is 0 Å². The molecule has 0 saturated heterocycles.